The number of hydrogen-bond acceptors (Lipinski definition) is 3. The van der Waals surface area contributed by atoms with Gasteiger partial charge >= 0.3 is 0 Å². The van der Waals surface area contributed by atoms with E-state index in [0.717, 1.165) is 29.5 Å². The lowest BCUT2D eigenvalue weighted by Gasteiger charge is -2.19. The average molecular weight is 427 g/mol. The average Bonchev–Trinajstić information content (AvgIpc) is 2.96. The number of carbonyl (C=O) groups excluding carboxylic acids is 2. The van der Waals surface area contributed by atoms with Crippen LogP contribution in [0.25, 0.3) is 11.1 Å². The van der Waals surface area contributed by atoms with E-state index in [0.29, 0.717) is 40.9 Å². The number of aryl methyl sites for hydroxylation is 2. The number of allylic oxidation sites excluding steroid dienone is 2. The molecule has 0 amide bonds. The van der Waals surface area contributed by atoms with Gasteiger partial charge in [0.2, 0.25) is 0 Å². The molecular weight excluding hydrogens is 403 g/mol. The van der Waals surface area contributed by atoms with Crippen molar-refractivity contribution in [3.05, 3.63) is 69.5 Å². The van der Waals surface area contributed by atoms with E-state index in [1.54, 1.807) is 12.1 Å². The third-order valence-corrected chi connectivity index (χ3v) is 6.33. The zero-order chi connectivity index (χ0) is 21.4. The van der Waals surface area contributed by atoms with Crippen LogP contribution in [0, 0.1) is 25.6 Å². The van der Waals surface area contributed by atoms with Crippen molar-refractivity contribution in [2.45, 2.75) is 39.0 Å². The molecule has 1 unspecified atom stereocenters. The molecule has 1 heterocycles. The summed E-state index contributed by atoms with van der Waals surface area (Å²) in [6, 6.07) is 8.26. The molecule has 2 aromatic carbocycles. The van der Waals surface area contributed by atoms with E-state index >= 15 is 0 Å². The van der Waals surface area contributed by atoms with Gasteiger partial charge in [-0.15, -0.1) is 0 Å². The van der Waals surface area contributed by atoms with Crippen molar-refractivity contribution in [3.63, 3.8) is 0 Å². The molecule has 4 rings (SSSR count). The van der Waals surface area contributed by atoms with Crippen molar-refractivity contribution in [2.24, 2.45) is 5.92 Å². The molecule has 3 nitrogen and oxygen atoms in total. The highest BCUT2D eigenvalue weighted by Gasteiger charge is 2.40. The molecule has 156 valence electrons. The van der Waals surface area contributed by atoms with Crippen LogP contribution in [0.15, 0.2) is 42.0 Å². The minimum absolute atomic E-state index is 0.0602. The van der Waals surface area contributed by atoms with Crippen molar-refractivity contribution in [1.29, 1.82) is 0 Å². The Bertz CT molecular complexity index is 1030. The molecule has 1 atom stereocenters. The second-order valence-corrected chi connectivity index (χ2v) is 8.67. The van der Waals surface area contributed by atoms with Gasteiger partial charge in [-0.1, -0.05) is 29.8 Å². The highest BCUT2D eigenvalue weighted by molar-refractivity contribution is 6.30. The zero-order valence-electron chi connectivity index (χ0n) is 17.1. The van der Waals surface area contributed by atoms with Crippen LogP contribution in [0.4, 0.5) is 4.39 Å². The first-order chi connectivity index (χ1) is 14.3. The van der Waals surface area contributed by atoms with Gasteiger partial charge in [-0.25, -0.2) is 4.39 Å². The van der Waals surface area contributed by atoms with Crippen LogP contribution < -0.4 is 0 Å². The highest BCUT2D eigenvalue weighted by Crippen LogP contribution is 2.38. The Labute approximate surface area is 180 Å². The lowest BCUT2D eigenvalue weighted by atomic mass is 9.85. The second kappa shape index (κ2) is 8.44. The van der Waals surface area contributed by atoms with Crippen LogP contribution in [-0.2, 0) is 14.3 Å². The van der Waals surface area contributed by atoms with Crippen LogP contribution in [0.5, 0.6) is 0 Å². The molecule has 2 aliphatic rings. The van der Waals surface area contributed by atoms with Crippen LogP contribution in [0.3, 0.4) is 0 Å². The monoisotopic (exact) mass is 426 g/mol. The first kappa shape index (κ1) is 21.0. The molecule has 0 radical (unpaired) electrons. The van der Waals surface area contributed by atoms with Gasteiger partial charge in [-0.2, -0.15) is 0 Å². The van der Waals surface area contributed by atoms with Gasteiger partial charge in [0.05, 0.1) is 0 Å². The molecule has 5 heteroatoms. The molecule has 1 aliphatic carbocycles. The maximum absolute atomic E-state index is 14.4. The number of ketones is 2. The summed E-state index contributed by atoms with van der Waals surface area (Å²) in [6.07, 6.45) is 3.95. The van der Waals surface area contributed by atoms with Crippen LogP contribution in [0.2, 0.25) is 5.02 Å². The van der Waals surface area contributed by atoms with Gasteiger partial charge in [0, 0.05) is 30.2 Å². The Morgan fingerprint density at radius 1 is 1.07 bits per heavy atom. The van der Waals surface area contributed by atoms with Gasteiger partial charge in [-0.05, 0) is 78.6 Å². The fourth-order valence-electron chi connectivity index (χ4n) is 4.62. The Kier molecular flexibility index (Phi) is 5.90. The van der Waals surface area contributed by atoms with Gasteiger partial charge in [-0.3, -0.25) is 9.59 Å². The maximum atomic E-state index is 14.4. The molecule has 1 saturated carbocycles. The Balaban J connectivity index is 1.67. The van der Waals surface area contributed by atoms with Gasteiger partial charge in [0.15, 0.2) is 11.6 Å². The minimum atomic E-state index is -0.764. The molecule has 0 N–H and O–H groups in total. The third kappa shape index (κ3) is 3.99. The number of ether oxygens (including phenoxy) is 1. The summed E-state index contributed by atoms with van der Waals surface area (Å²) < 4.78 is 19.8. The molecule has 2 aromatic rings. The van der Waals surface area contributed by atoms with E-state index < -0.39 is 11.7 Å². The fraction of sp³-hybridized carbons (Fsp3) is 0.360. The number of hydrogen-bond donors (Lipinski definition) is 0. The van der Waals surface area contributed by atoms with Crippen LogP contribution >= 0.6 is 11.6 Å². The van der Waals surface area contributed by atoms with Crippen molar-refractivity contribution in [1.82, 2.24) is 0 Å². The predicted octanol–water partition coefficient (Wildman–Crippen LogP) is 5.74. The van der Waals surface area contributed by atoms with E-state index in [2.05, 4.69) is 0 Å². The lowest BCUT2D eigenvalue weighted by Crippen LogP contribution is -2.17. The highest BCUT2D eigenvalue weighted by atomic mass is 35.5. The fourth-order valence-corrected chi connectivity index (χ4v) is 4.78. The van der Waals surface area contributed by atoms with Gasteiger partial charge in [0.25, 0.3) is 0 Å². The van der Waals surface area contributed by atoms with E-state index in [9.17, 15) is 14.0 Å². The summed E-state index contributed by atoms with van der Waals surface area (Å²) in [5, 5.41) is 0.340. The molecule has 0 aromatic heterocycles. The first-order valence-electron chi connectivity index (χ1n) is 10.3. The van der Waals surface area contributed by atoms with Gasteiger partial charge in [0.1, 0.15) is 11.7 Å². The maximum Gasteiger partial charge on any atom is 0.173 e. The van der Waals surface area contributed by atoms with Crippen molar-refractivity contribution >= 4 is 23.2 Å². The standard InChI is InChI=1S/C25H24ClFO3/c1-14-9-17(20-4-3-19(26)13-21(20)27)10-15(2)23(14)24-22(28)12-18(25(24)29)11-16-5-7-30-8-6-16/h3-4,9-11,13,16,24H,5-8,12H2,1-2H3/b18-11+. The molecule has 0 spiro atoms. The Hall–Kier alpha value is -2.30. The summed E-state index contributed by atoms with van der Waals surface area (Å²) in [5.74, 6) is -1.02. The number of carbonyl (C=O) groups is 2. The largest absolute Gasteiger partial charge is 0.381 e. The SMILES string of the molecule is Cc1cc(-c2ccc(Cl)cc2F)cc(C)c1C1C(=O)C/C(=C\C2CCOCC2)C1=O. The molecule has 0 bridgehead atoms. The smallest absolute Gasteiger partial charge is 0.173 e. The van der Waals surface area contributed by atoms with Crippen LogP contribution in [-0.4, -0.2) is 24.8 Å². The lowest BCUT2D eigenvalue weighted by molar-refractivity contribution is -0.123. The van der Waals surface area contributed by atoms with E-state index in [1.165, 1.54) is 6.07 Å². The summed E-state index contributed by atoms with van der Waals surface area (Å²) in [7, 11) is 0. The topological polar surface area (TPSA) is 43.4 Å². The molecule has 1 aliphatic heterocycles. The molecular formula is C25H24ClFO3. The van der Waals surface area contributed by atoms with E-state index in [-0.39, 0.29) is 18.0 Å². The normalized spacial score (nSPS) is 21.6. The predicted molar refractivity (Wildman–Crippen MR) is 115 cm³/mol. The number of Topliss-reactive ketones (excluding diaryl/α,β-unsaturated/α-hetero) is 2. The number of rotatable bonds is 3. The van der Waals surface area contributed by atoms with E-state index in [4.69, 9.17) is 16.3 Å². The summed E-state index contributed by atoms with van der Waals surface area (Å²) >= 11 is 5.87. The molecule has 2 fully saturated rings. The van der Waals surface area contributed by atoms with E-state index in [1.807, 2.05) is 32.1 Å². The Morgan fingerprint density at radius 2 is 1.73 bits per heavy atom. The van der Waals surface area contributed by atoms with Gasteiger partial charge < -0.3 is 4.74 Å². The summed E-state index contributed by atoms with van der Waals surface area (Å²) in [4.78, 5) is 26.0. The third-order valence-electron chi connectivity index (χ3n) is 6.09. The zero-order valence-corrected chi connectivity index (χ0v) is 17.9. The minimum Gasteiger partial charge on any atom is -0.381 e. The van der Waals surface area contributed by atoms with Crippen molar-refractivity contribution < 1.29 is 18.7 Å². The number of halogens is 2. The molecule has 30 heavy (non-hydrogen) atoms. The quantitative estimate of drug-likeness (QED) is 0.464. The van der Waals surface area contributed by atoms with Crippen molar-refractivity contribution in [3.8, 4) is 11.1 Å². The first-order valence-corrected chi connectivity index (χ1v) is 10.6. The Morgan fingerprint density at radius 3 is 2.37 bits per heavy atom. The summed E-state index contributed by atoms with van der Waals surface area (Å²) in [6.45, 7) is 5.14. The summed E-state index contributed by atoms with van der Waals surface area (Å²) in [5.41, 5.74) is 4.17. The number of benzene rings is 2. The molecule has 1 saturated heterocycles. The van der Waals surface area contributed by atoms with Crippen molar-refractivity contribution in [2.75, 3.05) is 13.2 Å². The van der Waals surface area contributed by atoms with Crippen LogP contribution in [0.1, 0.15) is 41.9 Å². The second-order valence-electron chi connectivity index (χ2n) is 8.23.